The predicted octanol–water partition coefficient (Wildman–Crippen LogP) is 5.18. The first-order valence-electron chi connectivity index (χ1n) is 12.3. The van der Waals surface area contributed by atoms with Crippen molar-refractivity contribution in [1.29, 1.82) is 0 Å². The van der Waals surface area contributed by atoms with E-state index in [2.05, 4.69) is 15.4 Å². The summed E-state index contributed by atoms with van der Waals surface area (Å²) in [6.45, 7) is 1.37. The van der Waals surface area contributed by atoms with E-state index in [0.717, 1.165) is 10.2 Å². The summed E-state index contributed by atoms with van der Waals surface area (Å²) in [4.78, 5) is 41.9. The van der Waals surface area contributed by atoms with Gasteiger partial charge in [0.2, 0.25) is 5.75 Å². The van der Waals surface area contributed by atoms with Crippen LogP contribution in [0.1, 0.15) is 11.1 Å². The standard InChI is InChI=1S/C30H23N5O5/c1-20-10-5-7-15-24(20)32-27(36)19-40-28-22(13-9-17-26(28)35(38)39)18-31-34-29(21-11-3-2-4-12-21)33-25-16-8-6-14-23(25)30(34)37/h2-18H,19H2,1H3,(H,32,36). The van der Waals surface area contributed by atoms with Crippen molar-refractivity contribution < 1.29 is 14.5 Å². The minimum atomic E-state index is -0.606. The highest BCUT2D eigenvalue weighted by molar-refractivity contribution is 5.93. The summed E-state index contributed by atoms with van der Waals surface area (Å²) in [5.41, 5.74) is 2.08. The maximum Gasteiger partial charge on any atom is 0.311 e. The Morgan fingerprint density at radius 1 is 1.00 bits per heavy atom. The van der Waals surface area contributed by atoms with E-state index in [1.165, 1.54) is 18.3 Å². The number of hydrogen-bond donors (Lipinski definition) is 1. The summed E-state index contributed by atoms with van der Waals surface area (Å²) in [7, 11) is 0. The fraction of sp³-hybridized carbons (Fsp3) is 0.0667. The van der Waals surface area contributed by atoms with Gasteiger partial charge >= 0.3 is 5.69 Å². The van der Waals surface area contributed by atoms with Gasteiger partial charge in [0.15, 0.2) is 12.4 Å². The second-order valence-electron chi connectivity index (χ2n) is 8.78. The molecule has 1 N–H and O–H groups in total. The van der Waals surface area contributed by atoms with Crippen LogP contribution in [-0.2, 0) is 4.79 Å². The molecule has 0 radical (unpaired) electrons. The number of nitro groups is 1. The van der Waals surface area contributed by atoms with Crippen LogP contribution in [0.5, 0.6) is 5.75 Å². The second kappa shape index (κ2) is 11.4. The van der Waals surface area contributed by atoms with Gasteiger partial charge in [-0.05, 0) is 36.8 Å². The lowest BCUT2D eigenvalue weighted by atomic mass is 10.2. The number of ether oxygens (including phenoxy) is 1. The minimum absolute atomic E-state index is 0.153. The number of fused-ring (bicyclic) bond motifs is 1. The van der Waals surface area contributed by atoms with E-state index in [9.17, 15) is 19.7 Å². The Bertz CT molecular complexity index is 1820. The Labute approximate surface area is 228 Å². The lowest BCUT2D eigenvalue weighted by Gasteiger charge is -2.12. The van der Waals surface area contributed by atoms with Gasteiger partial charge in [0.05, 0.1) is 22.0 Å². The smallest absolute Gasteiger partial charge is 0.311 e. The van der Waals surface area contributed by atoms with Crippen molar-refractivity contribution in [2.24, 2.45) is 5.10 Å². The largest absolute Gasteiger partial charge is 0.476 e. The van der Waals surface area contributed by atoms with Gasteiger partial charge in [0, 0.05) is 22.9 Å². The summed E-state index contributed by atoms with van der Waals surface area (Å²) in [5, 5.41) is 19.3. The number of nitrogens with zero attached hydrogens (tertiary/aromatic N) is 4. The molecule has 5 aromatic rings. The maximum atomic E-state index is 13.4. The third kappa shape index (κ3) is 5.46. The summed E-state index contributed by atoms with van der Waals surface area (Å²) in [5.74, 6) is -0.345. The number of aromatic nitrogens is 2. The van der Waals surface area contributed by atoms with Crippen molar-refractivity contribution in [1.82, 2.24) is 9.66 Å². The molecule has 4 aromatic carbocycles. The number of para-hydroxylation sites is 3. The molecule has 40 heavy (non-hydrogen) atoms. The molecule has 0 unspecified atom stereocenters. The van der Waals surface area contributed by atoms with Gasteiger partial charge in [-0.25, -0.2) is 4.98 Å². The molecule has 1 aromatic heterocycles. The summed E-state index contributed by atoms with van der Waals surface area (Å²) < 4.78 is 6.80. The molecule has 0 aliphatic rings. The molecule has 0 saturated heterocycles. The molecular weight excluding hydrogens is 510 g/mol. The molecule has 5 rings (SSSR count). The van der Waals surface area contributed by atoms with Crippen molar-refractivity contribution in [3.05, 3.63) is 129 Å². The Balaban J connectivity index is 1.52. The highest BCUT2D eigenvalue weighted by atomic mass is 16.6. The van der Waals surface area contributed by atoms with Crippen LogP contribution in [0.2, 0.25) is 0 Å². The highest BCUT2D eigenvalue weighted by Crippen LogP contribution is 2.30. The van der Waals surface area contributed by atoms with Crippen LogP contribution in [0.4, 0.5) is 11.4 Å². The molecule has 10 heteroatoms. The Morgan fingerprint density at radius 3 is 2.50 bits per heavy atom. The normalized spacial score (nSPS) is 11.0. The number of amides is 1. The van der Waals surface area contributed by atoms with Gasteiger partial charge in [-0.3, -0.25) is 19.7 Å². The van der Waals surface area contributed by atoms with Crippen molar-refractivity contribution >= 4 is 34.4 Å². The van der Waals surface area contributed by atoms with Gasteiger partial charge in [-0.15, -0.1) is 0 Å². The van der Waals surface area contributed by atoms with Gasteiger partial charge in [0.1, 0.15) is 0 Å². The molecule has 1 amide bonds. The first-order valence-corrected chi connectivity index (χ1v) is 12.3. The zero-order valence-electron chi connectivity index (χ0n) is 21.4. The monoisotopic (exact) mass is 533 g/mol. The fourth-order valence-electron chi connectivity index (χ4n) is 4.11. The average molecular weight is 534 g/mol. The average Bonchev–Trinajstić information content (AvgIpc) is 2.97. The van der Waals surface area contributed by atoms with E-state index in [4.69, 9.17) is 4.74 Å². The lowest BCUT2D eigenvalue weighted by molar-refractivity contribution is -0.385. The third-order valence-corrected chi connectivity index (χ3v) is 6.09. The van der Waals surface area contributed by atoms with Crippen LogP contribution in [0.15, 0.2) is 107 Å². The van der Waals surface area contributed by atoms with Gasteiger partial charge in [-0.2, -0.15) is 9.78 Å². The molecule has 0 spiro atoms. The molecule has 10 nitrogen and oxygen atoms in total. The molecular formula is C30H23N5O5. The molecule has 0 aliphatic carbocycles. The van der Waals surface area contributed by atoms with E-state index in [1.807, 2.05) is 37.3 Å². The number of nitrogens with one attached hydrogen (secondary N) is 1. The second-order valence-corrected chi connectivity index (χ2v) is 8.78. The maximum absolute atomic E-state index is 13.4. The van der Waals surface area contributed by atoms with E-state index in [0.29, 0.717) is 28.0 Å². The van der Waals surface area contributed by atoms with Crippen LogP contribution < -0.4 is 15.6 Å². The SMILES string of the molecule is Cc1ccccc1NC(=O)COc1c(C=Nn2c(-c3ccccc3)nc3ccccc3c2=O)cccc1[N+](=O)[O-]. The van der Waals surface area contributed by atoms with Crippen LogP contribution >= 0.6 is 0 Å². The summed E-state index contributed by atoms with van der Waals surface area (Å²) >= 11 is 0. The zero-order valence-corrected chi connectivity index (χ0v) is 21.4. The van der Waals surface area contributed by atoms with Crippen LogP contribution in [0.25, 0.3) is 22.3 Å². The Morgan fingerprint density at radius 2 is 1.73 bits per heavy atom. The molecule has 0 bridgehead atoms. The van der Waals surface area contributed by atoms with Crippen LogP contribution in [0.3, 0.4) is 0 Å². The number of aryl methyl sites for hydroxylation is 1. The number of benzene rings is 4. The molecule has 0 aliphatic heterocycles. The molecule has 0 atom stereocenters. The quantitative estimate of drug-likeness (QED) is 0.166. The molecule has 1 heterocycles. The first-order chi connectivity index (χ1) is 19.4. The molecule has 0 saturated carbocycles. The van der Waals surface area contributed by atoms with E-state index >= 15 is 0 Å². The van der Waals surface area contributed by atoms with Gasteiger partial charge in [0.25, 0.3) is 11.5 Å². The van der Waals surface area contributed by atoms with Crippen molar-refractivity contribution in [3.8, 4) is 17.1 Å². The summed E-state index contributed by atoms with van der Waals surface area (Å²) in [6, 6.07) is 27.5. The first kappa shape index (κ1) is 26.0. The van der Waals surface area contributed by atoms with Gasteiger partial charge in [-0.1, -0.05) is 66.7 Å². The number of anilines is 1. The Hall–Kier alpha value is -5.64. The number of carbonyl (C=O) groups is 1. The fourth-order valence-corrected chi connectivity index (χ4v) is 4.11. The minimum Gasteiger partial charge on any atom is -0.476 e. The predicted molar refractivity (Wildman–Crippen MR) is 153 cm³/mol. The van der Waals surface area contributed by atoms with Crippen LogP contribution in [-0.4, -0.2) is 33.3 Å². The molecule has 0 fully saturated rings. The zero-order chi connectivity index (χ0) is 28.1. The van der Waals surface area contributed by atoms with Crippen molar-refractivity contribution in [2.75, 3.05) is 11.9 Å². The van der Waals surface area contributed by atoms with E-state index in [1.54, 1.807) is 54.6 Å². The number of nitro benzene ring substituents is 1. The lowest BCUT2D eigenvalue weighted by Crippen LogP contribution is -2.22. The van der Waals surface area contributed by atoms with Gasteiger partial charge < -0.3 is 10.1 Å². The van der Waals surface area contributed by atoms with E-state index in [-0.39, 0.29) is 17.0 Å². The molecule has 198 valence electrons. The highest BCUT2D eigenvalue weighted by Gasteiger charge is 2.20. The number of carbonyl (C=O) groups excluding carboxylic acids is 1. The Kier molecular flexibility index (Phi) is 7.41. The third-order valence-electron chi connectivity index (χ3n) is 6.09. The topological polar surface area (TPSA) is 129 Å². The van der Waals surface area contributed by atoms with Crippen LogP contribution in [0, 0.1) is 17.0 Å². The van der Waals surface area contributed by atoms with Crippen molar-refractivity contribution in [2.45, 2.75) is 6.92 Å². The number of rotatable bonds is 8. The summed E-state index contributed by atoms with van der Waals surface area (Å²) in [6.07, 6.45) is 1.28. The van der Waals surface area contributed by atoms with Crippen molar-refractivity contribution in [3.63, 3.8) is 0 Å². The number of hydrogen-bond acceptors (Lipinski definition) is 7. The van der Waals surface area contributed by atoms with E-state index < -0.39 is 23.0 Å².